The Morgan fingerprint density at radius 2 is 2.04 bits per heavy atom. The normalized spacial score (nSPS) is 10.7. The molecule has 0 aliphatic heterocycles. The fourth-order valence-corrected chi connectivity index (χ4v) is 2.41. The maximum Gasteiger partial charge on any atom is 0.250 e. The van der Waals surface area contributed by atoms with E-state index in [1.165, 1.54) is 31.5 Å². The van der Waals surface area contributed by atoms with Gasteiger partial charge in [-0.1, -0.05) is 12.1 Å². The molecule has 0 atom stereocenters. The van der Waals surface area contributed by atoms with Crippen LogP contribution in [0.25, 0.3) is 0 Å². The summed E-state index contributed by atoms with van der Waals surface area (Å²) in [5.74, 6) is -1.12. The Labute approximate surface area is 136 Å². The molecule has 2 aromatic carbocycles. The lowest BCUT2D eigenvalue weighted by Crippen LogP contribution is -2.19. The van der Waals surface area contributed by atoms with E-state index in [4.69, 9.17) is 4.74 Å². The monoisotopic (exact) mass is 336 g/mol. The Morgan fingerprint density at radius 3 is 2.74 bits per heavy atom. The maximum atomic E-state index is 13.5. The predicted molar refractivity (Wildman–Crippen MR) is 85.8 cm³/mol. The third-order valence-electron chi connectivity index (χ3n) is 2.77. The van der Waals surface area contributed by atoms with E-state index in [-0.39, 0.29) is 23.2 Å². The van der Waals surface area contributed by atoms with Crippen molar-refractivity contribution in [2.45, 2.75) is 4.90 Å². The Hall–Kier alpha value is -2.41. The molecule has 0 saturated carbocycles. The van der Waals surface area contributed by atoms with E-state index in [0.29, 0.717) is 10.5 Å². The van der Waals surface area contributed by atoms with Crippen LogP contribution in [0.2, 0.25) is 0 Å². The zero-order valence-corrected chi connectivity index (χ0v) is 13.1. The number of rotatable bonds is 6. The molecule has 1 N–H and O–H groups in total. The number of hydrogen-bond acceptors (Lipinski definition) is 4. The number of amides is 1. The summed E-state index contributed by atoms with van der Waals surface area (Å²) in [4.78, 5) is 12.0. The second kappa shape index (κ2) is 8.28. The zero-order chi connectivity index (χ0) is 16.7. The van der Waals surface area contributed by atoms with Gasteiger partial charge in [-0.2, -0.15) is 5.10 Å². The van der Waals surface area contributed by atoms with Crippen LogP contribution in [-0.2, 0) is 4.79 Å². The van der Waals surface area contributed by atoms with Crippen molar-refractivity contribution in [2.24, 2.45) is 5.10 Å². The number of thioether (sulfide) groups is 1. The van der Waals surface area contributed by atoms with E-state index in [1.54, 1.807) is 24.3 Å². The Balaban J connectivity index is 1.84. The molecule has 0 fully saturated rings. The van der Waals surface area contributed by atoms with Crippen molar-refractivity contribution in [3.63, 3.8) is 0 Å². The van der Waals surface area contributed by atoms with Crippen LogP contribution >= 0.6 is 11.8 Å². The number of benzene rings is 2. The summed E-state index contributed by atoms with van der Waals surface area (Å²) in [6, 6.07) is 10.5. The highest BCUT2D eigenvalue weighted by atomic mass is 32.2. The molecule has 120 valence electrons. The number of nitrogens with zero attached hydrogens (tertiary/aromatic N) is 1. The lowest BCUT2D eigenvalue weighted by atomic mass is 10.2. The van der Waals surface area contributed by atoms with Gasteiger partial charge in [0.05, 0.1) is 19.1 Å². The van der Waals surface area contributed by atoms with Crippen molar-refractivity contribution >= 4 is 23.9 Å². The third kappa shape index (κ3) is 5.07. The Bertz CT molecular complexity index is 723. The van der Waals surface area contributed by atoms with Gasteiger partial charge < -0.3 is 4.74 Å². The Morgan fingerprint density at radius 1 is 1.26 bits per heavy atom. The molecule has 4 nitrogen and oxygen atoms in total. The molecule has 2 aromatic rings. The molecule has 0 heterocycles. The summed E-state index contributed by atoms with van der Waals surface area (Å²) in [7, 11) is 1.37. The lowest BCUT2D eigenvalue weighted by molar-refractivity contribution is -0.118. The van der Waals surface area contributed by atoms with Gasteiger partial charge in [-0.15, -0.1) is 11.8 Å². The van der Waals surface area contributed by atoms with Crippen LogP contribution in [0.4, 0.5) is 8.78 Å². The minimum Gasteiger partial charge on any atom is -0.494 e. The molecule has 0 unspecified atom stereocenters. The molecule has 7 heteroatoms. The summed E-state index contributed by atoms with van der Waals surface area (Å²) in [6.45, 7) is 0. The minimum atomic E-state index is -0.516. The van der Waals surface area contributed by atoms with Crippen LogP contribution in [0, 0.1) is 11.6 Å². The van der Waals surface area contributed by atoms with Crippen LogP contribution in [0.1, 0.15) is 5.56 Å². The van der Waals surface area contributed by atoms with E-state index in [0.717, 1.165) is 11.8 Å². The summed E-state index contributed by atoms with van der Waals surface area (Å²) in [5, 5.41) is 3.73. The molecule has 0 radical (unpaired) electrons. The van der Waals surface area contributed by atoms with Gasteiger partial charge in [0.2, 0.25) is 5.91 Å². The SMILES string of the molecule is COc1ccc(/C=N\NC(=O)CSc2ccccc2F)cc1F. The van der Waals surface area contributed by atoms with Crippen LogP contribution in [-0.4, -0.2) is 25.0 Å². The van der Waals surface area contributed by atoms with Gasteiger partial charge in [0, 0.05) is 4.90 Å². The summed E-state index contributed by atoms with van der Waals surface area (Å²) < 4.78 is 31.7. The third-order valence-corrected chi connectivity index (χ3v) is 3.82. The quantitative estimate of drug-likeness (QED) is 0.501. The largest absolute Gasteiger partial charge is 0.494 e. The fraction of sp³-hybridized carbons (Fsp3) is 0.125. The molecular weight excluding hydrogens is 322 g/mol. The second-order valence-corrected chi connectivity index (χ2v) is 5.42. The number of hydrogen-bond donors (Lipinski definition) is 1. The second-order valence-electron chi connectivity index (χ2n) is 4.41. The highest BCUT2D eigenvalue weighted by Gasteiger charge is 2.05. The molecule has 0 aliphatic rings. The van der Waals surface area contributed by atoms with Crippen molar-refractivity contribution in [1.82, 2.24) is 5.43 Å². The first-order valence-electron chi connectivity index (χ1n) is 6.63. The average Bonchev–Trinajstić information content (AvgIpc) is 2.54. The number of ether oxygens (including phenoxy) is 1. The van der Waals surface area contributed by atoms with Crippen molar-refractivity contribution < 1.29 is 18.3 Å². The number of methoxy groups -OCH3 is 1. The molecule has 23 heavy (non-hydrogen) atoms. The first-order chi connectivity index (χ1) is 11.1. The average molecular weight is 336 g/mol. The van der Waals surface area contributed by atoms with Gasteiger partial charge in [-0.3, -0.25) is 4.79 Å². The topological polar surface area (TPSA) is 50.7 Å². The van der Waals surface area contributed by atoms with Gasteiger partial charge in [-0.05, 0) is 35.9 Å². The van der Waals surface area contributed by atoms with E-state index < -0.39 is 5.82 Å². The van der Waals surface area contributed by atoms with Gasteiger partial charge >= 0.3 is 0 Å². The van der Waals surface area contributed by atoms with Gasteiger partial charge in [0.25, 0.3) is 0 Å². The number of nitrogens with one attached hydrogen (secondary N) is 1. The van der Waals surface area contributed by atoms with Crippen LogP contribution in [0.5, 0.6) is 5.75 Å². The first kappa shape index (κ1) is 17.0. The summed E-state index contributed by atoms with van der Waals surface area (Å²) >= 11 is 1.07. The Kier molecular flexibility index (Phi) is 6.10. The first-order valence-corrected chi connectivity index (χ1v) is 7.61. The predicted octanol–water partition coefficient (Wildman–Crippen LogP) is 3.22. The molecule has 0 bridgehead atoms. The maximum absolute atomic E-state index is 13.5. The van der Waals surface area contributed by atoms with E-state index in [9.17, 15) is 13.6 Å². The number of halogens is 2. The smallest absolute Gasteiger partial charge is 0.250 e. The van der Waals surface area contributed by atoms with E-state index in [2.05, 4.69) is 10.5 Å². The van der Waals surface area contributed by atoms with Gasteiger partial charge in [-0.25, -0.2) is 14.2 Å². The van der Waals surface area contributed by atoms with Gasteiger partial charge in [0.15, 0.2) is 11.6 Å². The van der Waals surface area contributed by atoms with Crippen LogP contribution < -0.4 is 10.2 Å². The minimum absolute atomic E-state index is 0.0231. The van der Waals surface area contributed by atoms with Crippen molar-refractivity contribution in [3.8, 4) is 5.75 Å². The number of hydrazone groups is 1. The number of carbonyl (C=O) groups is 1. The molecule has 0 spiro atoms. The standard InChI is InChI=1S/C16H14F2N2O2S/c1-22-14-7-6-11(8-13(14)18)9-19-20-16(21)10-23-15-5-3-2-4-12(15)17/h2-9H,10H2,1H3,(H,20,21)/b19-9-. The van der Waals surface area contributed by atoms with E-state index >= 15 is 0 Å². The highest BCUT2D eigenvalue weighted by Crippen LogP contribution is 2.20. The molecule has 2 rings (SSSR count). The molecule has 1 amide bonds. The van der Waals surface area contributed by atoms with Gasteiger partial charge in [0.1, 0.15) is 5.82 Å². The molecule has 0 aliphatic carbocycles. The lowest BCUT2D eigenvalue weighted by Gasteiger charge is -2.03. The molecule has 0 saturated heterocycles. The number of carbonyl (C=O) groups excluding carboxylic acids is 1. The summed E-state index contributed by atoms with van der Waals surface area (Å²) in [6.07, 6.45) is 1.31. The van der Waals surface area contributed by atoms with Crippen LogP contribution in [0.15, 0.2) is 52.5 Å². The van der Waals surface area contributed by atoms with Crippen molar-refractivity contribution in [1.29, 1.82) is 0 Å². The van der Waals surface area contributed by atoms with E-state index in [1.807, 2.05) is 0 Å². The molecule has 0 aromatic heterocycles. The zero-order valence-electron chi connectivity index (χ0n) is 12.3. The highest BCUT2D eigenvalue weighted by molar-refractivity contribution is 8.00. The fourth-order valence-electron chi connectivity index (χ4n) is 1.68. The van der Waals surface area contributed by atoms with Crippen molar-refractivity contribution in [3.05, 3.63) is 59.7 Å². The molecular formula is C16H14F2N2O2S. The summed E-state index contributed by atoms with van der Waals surface area (Å²) in [5.41, 5.74) is 2.78. The van der Waals surface area contributed by atoms with Crippen molar-refractivity contribution in [2.75, 3.05) is 12.9 Å². The van der Waals surface area contributed by atoms with Crippen LogP contribution in [0.3, 0.4) is 0 Å².